The van der Waals surface area contributed by atoms with Crippen LogP contribution in [0.2, 0.25) is 0 Å². The minimum Gasteiger partial charge on any atom is -0.381 e. The third-order valence-corrected chi connectivity index (χ3v) is 4.23. The molecule has 0 aromatic heterocycles. The smallest absolute Gasteiger partial charge is 0.191 e. The van der Waals surface area contributed by atoms with Crippen LogP contribution in [-0.4, -0.2) is 52.0 Å². The molecule has 2 atom stereocenters. The van der Waals surface area contributed by atoms with Gasteiger partial charge in [0.1, 0.15) is 0 Å². The summed E-state index contributed by atoms with van der Waals surface area (Å²) >= 11 is 0. The predicted molar refractivity (Wildman–Crippen MR) is 112 cm³/mol. The number of aliphatic imine (C=N–C) groups is 1. The molecule has 2 unspecified atom stereocenters. The normalized spacial score (nSPS) is 19.0. The van der Waals surface area contributed by atoms with Gasteiger partial charge in [0.05, 0.1) is 13.2 Å². The van der Waals surface area contributed by atoms with E-state index in [2.05, 4.69) is 29.5 Å². The highest BCUT2D eigenvalue weighted by Gasteiger charge is 2.15. The lowest BCUT2D eigenvalue weighted by molar-refractivity contribution is 0.0888. The predicted octanol–water partition coefficient (Wildman–Crippen LogP) is 3.57. The van der Waals surface area contributed by atoms with Crippen molar-refractivity contribution in [1.82, 2.24) is 10.6 Å². The molecule has 1 aliphatic rings. The molecule has 6 heteroatoms. The maximum atomic E-state index is 5.71. The average molecular weight is 455 g/mol. The molecular formula is C18H38IN3O2. The van der Waals surface area contributed by atoms with Gasteiger partial charge in [0.2, 0.25) is 0 Å². The van der Waals surface area contributed by atoms with Gasteiger partial charge in [0, 0.05) is 38.8 Å². The zero-order valence-corrected chi connectivity index (χ0v) is 18.1. The zero-order chi connectivity index (χ0) is 16.8. The number of rotatable bonds is 12. The molecule has 1 heterocycles. The number of hydrogen-bond acceptors (Lipinski definition) is 3. The molecular weight excluding hydrogens is 417 g/mol. The number of hydrogen-bond donors (Lipinski definition) is 2. The molecule has 0 amide bonds. The molecule has 0 bridgehead atoms. The summed E-state index contributed by atoms with van der Waals surface area (Å²) in [6.45, 7) is 8.77. The van der Waals surface area contributed by atoms with Crippen LogP contribution in [0.3, 0.4) is 0 Å². The second-order valence-corrected chi connectivity index (χ2v) is 6.55. The van der Waals surface area contributed by atoms with E-state index < -0.39 is 0 Å². The third kappa shape index (κ3) is 12.3. The third-order valence-electron chi connectivity index (χ3n) is 4.23. The fraction of sp³-hybridized carbons (Fsp3) is 0.944. The summed E-state index contributed by atoms with van der Waals surface area (Å²) in [5.41, 5.74) is 0. The lowest BCUT2D eigenvalue weighted by Crippen LogP contribution is -2.42. The van der Waals surface area contributed by atoms with Gasteiger partial charge in [0.25, 0.3) is 0 Å². The van der Waals surface area contributed by atoms with E-state index in [1.807, 2.05) is 7.05 Å². The van der Waals surface area contributed by atoms with E-state index in [9.17, 15) is 0 Å². The van der Waals surface area contributed by atoms with Gasteiger partial charge in [-0.15, -0.1) is 24.0 Å². The summed E-state index contributed by atoms with van der Waals surface area (Å²) in [4.78, 5) is 4.29. The van der Waals surface area contributed by atoms with E-state index in [1.165, 1.54) is 32.1 Å². The number of halogens is 1. The van der Waals surface area contributed by atoms with E-state index in [1.54, 1.807) is 0 Å². The van der Waals surface area contributed by atoms with Crippen molar-refractivity contribution in [3.05, 3.63) is 0 Å². The van der Waals surface area contributed by atoms with Crippen molar-refractivity contribution in [1.29, 1.82) is 0 Å². The van der Waals surface area contributed by atoms with Gasteiger partial charge in [-0.25, -0.2) is 0 Å². The zero-order valence-electron chi connectivity index (χ0n) is 15.8. The number of ether oxygens (including phenoxy) is 2. The van der Waals surface area contributed by atoms with E-state index in [0.29, 0.717) is 12.0 Å². The topological polar surface area (TPSA) is 54.9 Å². The molecule has 1 rings (SSSR count). The lowest BCUT2D eigenvalue weighted by Gasteiger charge is -2.18. The second-order valence-electron chi connectivity index (χ2n) is 6.55. The van der Waals surface area contributed by atoms with Crippen molar-refractivity contribution in [2.24, 2.45) is 10.9 Å². The van der Waals surface area contributed by atoms with Crippen LogP contribution in [-0.2, 0) is 9.47 Å². The molecule has 144 valence electrons. The minimum absolute atomic E-state index is 0. The fourth-order valence-corrected chi connectivity index (χ4v) is 2.72. The molecule has 1 saturated heterocycles. The molecule has 1 aliphatic heterocycles. The van der Waals surface area contributed by atoms with Crippen LogP contribution < -0.4 is 10.6 Å². The monoisotopic (exact) mass is 455 g/mol. The number of nitrogens with one attached hydrogen (secondary N) is 2. The van der Waals surface area contributed by atoms with Gasteiger partial charge in [-0.3, -0.25) is 4.99 Å². The van der Waals surface area contributed by atoms with Crippen molar-refractivity contribution in [2.75, 3.05) is 40.0 Å². The van der Waals surface area contributed by atoms with Gasteiger partial charge in [-0.05, 0) is 26.2 Å². The van der Waals surface area contributed by atoms with Crippen LogP contribution in [0.4, 0.5) is 0 Å². The second kappa shape index (κ2) is 16.4. The molecule has 0 aromatic carbocycles. The Kier molecular flexibility index (Phi) is 16.3. The highest BCUT2D eigenvalue weighted by molar-refractivity contribution is 14.0. The summed E-state index contributed by atoms with van der Waals surface area (Å²) in [5.74, 6) is 1.50. The first-order valence-corrected chi connectivity index (χ1v) is 9.39. The Bertz CT molecular complexity index is 311. The quantitative estimate of drug-likeness (QED) is 0.205. The number of nitrogens with zero attached hydrogens (tertiary/aromatic N) is 1. The van der Waals surface area contributed by atoms with Crippen LogP contribution in [0.15, 0.2) is 4.99 Å². The lowest BCUT2D eigenvalue weighted by atomic mass is 10.1. The van der Waals surface area contributed by atoms with Crippen molar-refractivity contribution < 1.29 is 9.47 Å². The van der Waals surface area contributed by atoms with Crippen molar-refractivity contribution >= 4 is 29.9 Å². The van der Waals surface area contributed by atoms with Gasteiger partial charge in [-0.1, -0.05) is 32.6 Å². The molecule has 0 spiro atoms. The Hall–Kier alpha value is -0.0800. The maximum Gasteiger partial charge on any atom is 0.191 e. The molecule has 2 N–H and O–H groups in total. The highest BCUT2D eigenvalue weighted by atomic mass is 127. The van der Waals surface area contributed by atoms with Gasteiger partial charge >= 0.3 is 0 Å². The maximum absolute atomic E-state index is 5.71. The molecule has 0 radical (unpaired) electrons. The summed E-state index contributed by atoms with van der Waals surface area (Å²) in [7, 11) is 1.83. The summed E-state index contributed by atoms with van der Waals surface area (Å²) in [6, 6.07) is 0.469. The Morgan fingerprint density at radius 1 is 1.29 bits per heavy atom. The molecule has 5 nitrogen and oxygen atoms in total. The highest BCUT2D eigenvalue weighted by Crippen LogP contribution is 2.12. The minimum atomic E-state index is 0. The number of guanidine groups is 1. The summed E-state index contributed by atoms with van der Waals surface area (Å²) in [5, 5.41) is 6.83. The summed E-state index contributed by atoms with van der Waals surface area (Å²) < 4.78 is 11.1. The van der Waals surface area contributed by atoms with Gasteiger partial charge in [-0.2, -0.15) is 0 Å². The molecule has 0 aromatic rings. The summed E-state index contributed by atoms with van der Waals surface area (Å²) in [6.07, 6.45) is 8.60. The van der Waals surface area contributed by atoms with Crippen LogP contribution in [0.1, 0.15) is 58.8 Å². The Balaban J connectivity index is 0.00000529. The van der Waals surface area contributed by atoms with Crippen LogP contribution in [0.25, 0.3) is 0 Å². The molecule has 0 saturated carbocycles. The molecule has 1 fully saturated rings. The first-order valence-electron chi connectivity index (χ1n) is 9.39. The largest absolute Gasteiger partial charge is 0.381 e. The molecule has 0 aliphatic carbocycles. The van der Waals surface area contributed by atoms with Gasteiger partial charge in [0.15, 0.2) is 5.96 Å². The van der Waals surface area contributed by atoms with Crippen molar-refractivity contribution in [3.8, 4) is 0 Å². The van der Waals surface area contributed by atoms with E-state index in [4.69, 9.17) is 9.47 Å². The Morgan fingerprint density at radius 3 is 2.79 bits per heavy atom. The van der Waals surface area contributed by atoms with E-state index in [-0.39, 0.29) is 24.0 Å². The van der Waals surface area contributed by atoms with Gasteiger partial charge < -0.3 is 20.1 Å². The van der Waals surface area contributed by atoms with Crippen molar-refractivity contribution in [2.45, 2.75) is 64.8 Å². The van der Waals surface area contributed by atoms with Crippen LogP contribution in [0, 0.1) is 5.92 Å². The van der Waals surface area contributed by atoms with Crippen molar-refractivity contribution in [3.63, 3.8) is 0 Å². The SMILES string of the molecule is CCCCCCC(C)NC(=NC)NCCCOCC1CCOC1.I. The van der Waals surface area contributed by atoms with Crippen LogP contribution in [0.5, 0.6) is 0 Å². The first-order chi connectivity index (χ1) is 11.3. The molecule has 24 heavy (non-hydrogen) atoms. The first kappa shape index (κ1) is 23.9. The number of unbranched alkanes of at least 4 members (excludes halogenated alkanes) is 3. The standard InChI is InChI=1S/C18H37N3O2.HI/c1-4-5-6-7-9-16(2)21-18(19-3)20-11-8-12-22-14-17-10-13-23-15-17;/h16-17H,4-15H2,1-3H3,(H2,19,20,21);1H. The van der Waals surface area contributed by atoms with E-state index >= 15 is 0 Å². The average Bonchev–Trinajstić information content (AvgIpc) is 3.07. The van der Waals surface area contributed by atoms with Crippen LogP contribution >= 0.6 is 24.0 Å². The fourth-order valence-electron chi connectivity index (χ4n) is 2.72. The Morgan fingerprint density at radius 2 is 2.12 bits per heavy atom. The van der Waals surface area contributed by atoms with E-state index in [0.717, 1.165) is 51.8 Å². The Labute approximate surface area is 165 Å².